The molecule has 1 saturated heterocycles. The van der Waals surface area contributed by atoms with E-state index in [1.807, 2.05) is 30.3 Å². The van der Waals surface area contributed by atoms with E-state index in [0.29, 0.717) is 5.76 Å². The van der Waals surface area contributed by atoms with Gasteiger partial charge in [0.1, 0.15) is 0 Å². The molecule has 1 aliphatic heterocycles. The first-order chi connectivity index (χ1) is 9.34. The molecule has 0 spiro atoms. The Balaban J connectivity index is 1.79. The van der Waals surface area contributed by atoms with E-state index in [9.17, 15) is 4.79 Å². The van der Waals surface area contributed by atoms with Gasteiger partial charge in [0.15, 0.2) is 5.76 Å². The molecule has 19 heavy (non-hydrogen) atoms. The minimum Gasteiger partial charge on any atom is -0.434 e. The highest BCUT2D eigenvalue weighted by atomic mass is 16.4. The Morgan fingerprint density at radius 1 is 1.21 bits per heavy atom. The van der Waals surface area contributed by atoms with Crippen molar-refractivity contribution >= 4 is 5.78 Å². The first-order valence-electron chi connectivity index (χ1n) is 6.61. The van der Waals surface area contributed by atoms with Crippen LogP contribution in [-0.4, -0.2) is 23.9 Å². The molecule has 1 N–H and O–H groups in total. The Labute approximate surface area is 111 Å². The van der Waals surface area contributed by atoms with Crippen molar-refractivity contribution in [3.8, 4) is 11.3 Å². The number of ketones is 1. The summed E-state index contributed by atoms with van der Waals surface area (Å²) in [4.78, 5) is 16.4. The monoisotopic (exact) mass is 256 g/mol. The first kappa shape index (κ1) is 12.1. The maximum atomic E-state index is 12.3. The fourth-order valence-electron chi connectivity index (χ4n) is 2.38. The third kappa shape index (κ3) is 2.58. The predicted molar refractivity (Wildman–Crippen MR) is 71.9 cm³/mol. The maximum absolute atomic E-state index is 12.3. The molecular weight excluding hydrogens is 240 g/mol. The van der Waals surface area contributed by atoms with Crippen LogP contribution in [0.1, 0.15) is 23.5 Å². The molecule has 2 aromatic rings. The van der Waals surface area contributed by atoms with Crippen molar-refractivity contribution in [2.45, 2.75) is 12.8 Å². The van der Waals surface area contributed by atoms with Crippen molar-refractivity contribution in [3.63, 3.8) is 0 Å². The van der Waals surface area contributed by atoms with Crippen molar-refractivity contribution in [1.29, 1.82) is 0 Å². The zero-order valence-corrected chi connectivity index (χ0v) is 10.6. The largest absolute Gasteiger partial charge is 0.434 e. The second kappa shape index (κ2) is 5.36. The smallest absolute Gasteiger partial charge is 0.263 e. The number of carbonyl (C=O) groups is 1. The van der Waals surface area contributed by atoms with Gasteiger partial charge in [-0.25, -0.2) is 4.98 Å². The Morgan fingerprint density at radius 2 is 1.95 bits per heavy atom. The Bertz CT molecular complexity index is 557. The van der Waals surface area contributed by atoms with Gasteiger partial charge in [-0.1, -0.05) is 30.3 Å². The standard InChI is InChI=1S/C15H16N2O2/c18-14(12-6-8-16-9-7-12)15-17-10-13(19-15)11-4-2-1-3-5-11/h1-5,10,12,16H,6-9H2. The minimum absolute atomic E-state index is 0.0312. The molecule has 4 nitrogen and oxygen atoms in total. The van der Waals surface area contributed by atoms with Crippen LogP contribution in [0.15, 0.2) is 40.9 Å². The summed E-state index contributed by atoms with van der Waals surface area (Å²) in [6, 6.07) is 9.71. The van der Waals surface area contributed by atoms with Gasteiger partial charge in [0.25, 0.3) is 5.89 Å². The number of rotatable bonds is 3. The lowest BCUT2D eigenvalue weighted by atomic mass is 9.93. The molecule has 0 aliphatic carbocycles. The normalized spacial score (nSPS) is 16.4. The molecule has 98 valence electrons. The lowest BCUT2D eigenvalue weighted by Crippen LogP contribution is -2.31. The quantitative estimate of drug-likeness (QED) is 0.857. The summed E-state index contributed by atoms with van der Waals surface area (Å²) in [6.07, 6.45) is 3.35. The van der Waals surface area contributed by atoms with Gasteiger partial charge in [0, 0.05) is 11.5 Å². The molecule has 2 heterocycles. The summed E-state index contributed by atoms with van der Waals surface area (Å²) in [5, 5.41) is 3.25. The van der Waals surface area contributed by atoms with Gasteiger partial charge in [-0.05, 0) is 25.9 Å². The van der Waals surface area contributed by atoms with E-state index >= 15 is 0 Å². The summed E-state index contributed by atoms with van der Waals surface area (Å²) in [5.41, 5.74) is 0.944. The van der Waals surface area contributed by atoms with Crippen molar-refractivity contribution < 1.29 is 9.21 Å². The predicted octanol–water partition coefficient (Wildman–Crippen LogP) is 2.52. The van der Waals surface area contributed by atoms with Crippen LogP contribution in [-0.2, 0) is 0 Å². The van der Waals surface area contributed by atoms with Gasteiger partial charge in [-0.3, -0.25) is 4.79 Å². The molecule has 0 radical (unpaired) electrons. The molecule has 0 atom stereocenters. The highest BCUT2D eigenvalue weighted by molar-refractivity contribution is 5.94. The highest BCUT2D eigenvalue weighted by Gasteiger charge is 2.26. The van der Waals surface area contributed by atoms with Crippen molar-refractivity contribution in [2.75, 3.05) is 13.1 Å². The summed E-state index contributed by atoms with van der Waals surface area (Å²) < 4.78 is 5.60. The second-order valence-corrected chi connectivity index (χ2v) is 4.78. The number of nitrogens with zero attached hydrogens (tertiary/aromatic N) is 1. The van der Waals surface area contributed by atoms with Crippen LogP contribution in [0.3, 0.4) is 0 Å². The molecule has 0 bridgehead atoms. The van der Waals surface area contributed by atoms with Crippen LogP contribution in [0.2, 0.25) is 0 Å². The summed E-state index contributed by atoms with van der Waals surface area (Å²) in [7, 11) is 0. The van der Waals surface area contributed by atoms with Crippen LogP contribution in [0.25, 0.3) is 11.3 Å². The molecule has 1 aromatic carbocycles. The topological polar surface area (TPSA) is 55.1 Å². The number of hydrogen-bond donors (Lipinski definition) is 1. The van der Waals surface area contributed by atoms with Crippen molar-refractivity contribution in [3.05, 3.63) is 42.4 Å². The number of piperidine rings is 1. The number of aromatic nitrogens is 1. The molecule has 3 rings (SSSR count). The fourth-order valence-corrected chi connectivity index (χ4v) is 2.38. The van der Waals surface area contributed by atoms with Gasteiger partial charge in [-0.2, -0.15) is 0 Å². The van der Waals surface area contributed by atoms with Crippen LogP contribution in [0.5, 0.6) is 0 Å². The highest BCUT2D eigenvalue weighted by Crippen LogP contribution is 2.23. The maximum Gasteiger partial charge on any atom is 0.263 e. The zero-order valence-electron chi connectivity index (χ0n) is 10.6. The zero-order chi connectivity index (χ0) is 13.1. The molecule has 1 aliphatic rings. The number of nitrogens with one attached hydrogen (secondary N) is 1. The first-order valence-corrected chi connectivity index (χ1v) is 6.61. The minimum atomic E-state index is 0.0312. The number of oxazole rings is 1. The molecule has 0 saturated carbocycles. The van der Waals surface area contributed by atoms with E-state index in [2.05, 4.69) is 10.3 Å². The number of benzene rings is 1. The summed E-state index contributed by atoms with van der Waals surface area (Å²) in [6.45, 7) is 1.78. The van der Waals surface area contributed by atoms with E-state index in [-0.39, 0.29) is 17.6 Å². The molecular formula is C15H16N2O2. The Kier molecular flexibility index (Phi) is 3.42. The lowest BCUT2D eigenvalue weighted by Gasteiger charge is -2.19. The molecule has 0 amide bonds. The molecule has 1 fully saturated rings. The fraction of sp³-hybridized carbons (Fsp3) is 0.333. The number of hydrogen-bond acceptors (Lipinski definition) is 4. The third-order valence-corrected chi connectivity index (χ3v) is 3.48. The summed E-state index contributed by atoms with van der Waals surface area (Å²) in [5.74, 6) is 0.968. The van der Waals surface area contributed by atoms with E-state index in [0.717, 1.165) is 31.5 Å². The van der Waals surface area contributed by atoms with E-state index in [1.54, 1.807) is 6.20 Å². The van der Waals surface area contributed by atoms with E-state index < -0.39 is 0 Å². The van der Waals surface area contributed by atoms with Gasteiger partial charge >= 0.3 is 0 Å². The van der Waals surface area contributed by atoms with Crippen LogP contribution >= 0.6 is 0 Å². The third-order valence-electron chi connectivity index (χ3n) is 3.48. The average Bonchev–Trinajstić information content (AvgIpc) is 2.98. The van der Waals surface area contributed by atoms with Crippen molar-refractivity contribution in [1.82, 2.24) is 10.3 Å². The number of carbonyl (C=O) groups excluding carboxylic acids is 1. The van der Waals surface area contributed by atoms with E-state index in [4.69, 9.17) is 4.42 Å². The van der Waals surface area contributed by atoms with Gasteiger partial charge in [0.05, 0.1) is 6.20 Å². The van der Waals surface area contributed by atoms with Gasteiger partial charge in [-0.15, -0.1) is 0 Å². The van der Waals surface area contributed by atoms with Crippen LogP contribution in [0.4, 0.5) is 0 Å². The Hall–Kier alpha value is -1.94. The molecule has 4 heteroatoms. The average molecular weight is 256 g/mol. The molecule has 0 unspecified atom stereocenters. The number of Topliss-reactive ketones (excluding diaryl/α,β-unsaturated/α-hetero) is 1. The van der Waals surface area contributed by atoms with Crippen molar-refractivity contribution in [2.24, 2.45) is 5.92 Å². The van der Waals surface area contributed by atoms with Crippen LogP contribution in [0, 0.1) is 5.92 Å². The summed E-state index contributed by atoms with van der Waals surface area (Å²) >= 11 is 0. The van der Waals surface area contributed by atoms with Gasteiger partial charge < -0.3 is 9.73 Å². The van der Waals surface area contributed by atoms with Crippen LogP contribution < -0.4 is 5.32 Å². The molecule has 1 aromatic heterocycles. The SMILES string of the molecule is O=C(c1ncc(-c2ccccc2)o1)C1CCNCC1. The van der Waals surface area contributed by atoms with Gasteiger partial charge in [0.2, 0.25) is 5.78 Å². The Morgan fingerprint density at radius 3 is 2.68 bits per heavy atom. The van der Waals surface area contributed by atoms with E-state index in [1.165, 1.54) is 0 Å². The second-order valence-electron chi connectivity index (χ2n) is 4.78. The lowest BCUT2D eigenvalue weighted by molar-refractivity contribution is 0.0860.